The number of hydrogen-bond donors (Lipinski definition) is 0. The van der Waals surface area contributed by atoms with Crippen LogP contribution in [0.25, 0.3) is 0 Å². The molecule has 1 saturated heterocycles. The van der Waals surface area contributed by atoms with E-state index in [4.69, 9.17) is 4.52 Å². The Kier molecular flexibility index (Phi) is 2.14. The van der Waals surface area contributed by atoms with E-state index in [9.17, 15) is 0 Å². The van der Waals surface area contributed by atoms with E-state index in [1.54, 1.807) is 0 Å². The van der Waals surface area contributed by atoms with Crippen LogP contribution in [-0.4, -0.2) is 35.2 Å². The maximum absolute atomic E-state index is 5.06. The van der Waals surface area contributed by atoms with Crippen molar-refractivity contribution in [2.75, 3.05) is 20.1 Å². The van der Waals surface area contributed by atoms with Gasteiger partial charge in [0, 0.05) is 6.54 Å². The van der Waals surface area contributed by atoms with Crippen LogP contribution in [0.5, 0.6) is 0 Å². The SMILES string of the molecule is CN1CCC(c2nc(Br)no2)C1. The standard InChI is InChI=1S/C7H10BrN3O/c1-11-3-2-5(4-11)6-9-7(8)10-12-6/h5H,2-4H2,1H3. The van der Waals surface area contributed by atoms with E-state index in [1.165, 1.54) is 0 Å². The zero-order valence-electron chi connectivity index (χ0n) is 6.83. The second kappa shape index (κ2) is 3.14. The number of aromatic nitrogens is 2. The van der Waals surface area contributed by atoms with Gasteiger partial charge in [0.25, 0.3) is 0 Å². The lowest BCUT2D eigenvalue weighted by atomic mass is 10.1. The quantitative estimate of drug-likeness (QED) is 0.730. The fraction of sp³-hybridized carbons (Fsp3) is 0.714. The lowest BCUT2D eigenvalue weighted by molar-refractivity contribution is 0.342. The van der Waals surface area contributed by atoms with Gasteiger partial charge in [0.1, 0.15) is 0 Å². The number of likely N-dealkylation sites (tertiary alicyclic amines) is 1. The Balaban J connectivity index is 2.11. The Labute approximate surface area is 79.1 Å². The molecule has 5 heteroatoms. The first kappa shape index (κ1) is 8.19. The van der Waals surface area contributed by atoms with Crippen LogP contribution in [0, 0.1) is 0 Å². The highest BCUT2D eigenvalue weighted by Crippen LogP contribution is 2.25. The molecule has 0 N–H and O–H groups in total. The van der Waals surface area contributed by atoms with Crippen molar-refractivity contribution < 1.29 is 4.52 Å². The Morgan fingerprint density at radius 2 is 2.50 bits per heavy atom. The molecule has 0 aliphatic carbocycles. The van der Waals surface area contributed by atoms with E-state index >= 15 is 0 Å². The van der Waals surface area contributed by atoms with Gasteiger partial charge in [0.15, 0.2) is 0 Å². The highest BCUT2D eigenvalue weighted by atomic mass is 79.9. The van der Waals surface area contributed by atoms with Gasteiger partial charge < -0.3 is 9.42 Å². The van der Waals surface area contributed by atoms with Gasteiger partial charge in [-0.25, -0.2) is 0 Å². The average molecular weight is 232 g/mol. The summed E-state index contributed by atoms with van der Waals surface area (Å²) in [6, 6.07) is 0. The summed E-state index contributed by atoms with van der Waals surface area (Å²) in [6.45, 7) is 2.14. The fourth-order valence-electron chi connectivity index (χ4n) is 1.52. The lowest BCUT2D eigenvalue weighted by Gasteiger charge is -2.04. The van der Waals surface area contributed by atoms with Gasteiger partial charge in [-0.3, -0.25) is 0 Å². The van der Waals surface area contributed by atoms with Gasteiger partial charge in [0.05, 0.1) is 5.92 Å². The number of rotatable bonds is 1. The predicted octanol–water partition coefficient (Wildman–Crippen LogP) is 1.25. The average Bonchev–Trinajstić information content (AvgIpc) is 2.58. The molecule has 1 aromatic rings. The van der Waals surface area contributed by atoms with Crippen LogP contribution in [0.3, 0.4) is 0 Å². The van der Waals surface area contributed by atoms with Crippen molar-refractivity contribution in [2.24, 2.45) is 0 Å². The van der Waals surface area contributed by atoms with Crippen LogP contribution in [0.15, 0.2) is 9.26 Å². The van der Waals surface area contributed by atoms with E-state index < -0.39 is 0 Å². The molecule has 1 fully saturated rings. The summed E-state index contributed by atoms with van der Waals surface area (Å²) in [6.07, 6.45) is 1.12. The molecule has 0 amide bonds. The molecule has 0 radical (unpaired) electrons. The Morgan fingerprint density at radius 1 is 1.67 bits per heavy atom. The molecule has 1 aromatic heterocycles. The van der Waals surface area contributed by atoms with Gasteiger partial charge in [0.2, 0.25) is 10.6 Å². The van der Waals surface area contributed by atoms with Gasteiger partial charge in [-0.15, -0.1) is 0 Å². The van der Waals surface area contributed by atoms with Gasteiger partial charge in [-0.1, -0.05) is 0 Å². The molecule has 12 heavy (non-hydrogen) atoms. The monoisotopic (exact) mass is 231 g/mol. The molecule has 2 rings (SSSR count). The first-order valence-corrected chi connectivity index (χ1v) is 4.72. The van der Waals surface area contributed by atoms with Crippen molar-refractivity contribution >= 4 is 15.9 Å². The highest BCUT2D eigenvalue weighted by Gasteiger charge is 2.25. The zero-order valence-corrected chi connectivity index (χ0v) is 8.41. The maximum Gasteiger partial charge on any atom is 0.238 e. The molecule has 1 aliphatic rings. The van der Waals surface area contributed by atoms with Crippen molar-refractivity contribution in [3.8, 4) is 0 Å². The van der Waals surface area contributed by atoms with Crippen LogP contribution in [0.2, 0.25) is 0 Å². The third-order valence-corrected chi connectivity index (χ3v) is 2.48. The molecule has 0 aromatic carbocycles. The normalized spacial score (nSPS) is 25.0. The Hall–Kier alpha value is -0.420. The lowest BCUT2D eigenvalue weighted by Crippen LogP contribution is -2.13. The molecular formula is C7H10BrN3O. The summed E-state index contributed by atoms with van der Waals surface area (Å²) in [5.74, 6) is 1.18. The largest absolute Gasteiger partial charge is 0.338 e. The van der Waals surface area contributed by atoms with Crippen molar-refractivity contribution in [2.45, 2.75) is 12.3 Å². The van der Waals surface area contributed by atoms with Crippen molar-refractivity contribution in [3.05, 3.63) is 10.6 Å². The van der Waals surface area contributed by atoms with E-state index in [2.05, 4.69) is 38.0 Å². The number of likely N-dealkylation sites (N-methyl/N-ethyl adjacent to an activating group) is 1. The molecule has 4 nitrogen and oxygen atoms in total. The molecule has 2 heterocycles. The third kappa shape index (κ3) is 1.51. The summed E-state index contributed by atoms with van der Waals surface area (Å²) in [4.78, 5) is 6.41. The number of halogens is 1. The van der Waals surface area contributed by atoms with Crippen LogP contribution in [0.4, 0.5) is 0 Å². The van der Waals surface area contributed by atoms with Gasteiger partial charge in [-0.05, 0) is 41.1 Å². The molecule has 1 atom stereocenters. The fourth-order valence-corrected chi connectivity index (χ4v) is 1.77. The van der Waals surface area contributed by atoms with Crippen LogP contribution >= 0.6 is 15.9 Å². The maximum atomic E-state index is 5.06. The summed E-state index contributed by atoms with van der Waals surface area (Å²) in [5, 5.41) is 3.70. The van der Waals surface area contributed by atoms with E-state index in [0.717, 1.165) is 25.4 Å². The summed E-state index contributed by atoms with van der Waals surface area (Å²) in [5.41, 5.74) is 0. The second-order valence-corrected chi connectivity index (χ2v) is 3.86. The highest BCUT2D eigenvalue weighted by molar-refractivity contribution is 9.10. The van der Waals surface area contributed by atoms with E-state index in [0.29, 0.717) is 10.7 Å². The van der Waals surface area contributed by atoms with Crippen molar-refractivity contribution in [1.82, 2.24) is 15.0 Å². The van der Waals surface area contributed by atoms with Crippen LogP contribution in [-0.2, 0) is 0 Å². The second-order valence-electron chi connectivity index (χ2n) is 3.15. The first-order chi connectivity index (χ1) is 5.75. The smallest absolute Gasteiger partial charge is 0.238 e. The van der Waals surface area contributed by atoms with Gasteiger partial charge in [-0.2, -0.15) is 4.98 Å². The number of hydrogen-bond acceptors (Lipinski definition) is 4. The topological polar surface area (TPSA) is 42.2 Å². The molecule has 0 spiro atoms. The van der Waals surface area contributed by atoms with Crippen molar-refractivity contribution in [1.29, 1.82) is 0 Å². The molecule has 0 saturated carbocycles. The zero-order chi connectivity index (χ0) is 8.55. The van der Waals surface area contributed by atoms with E-state index in [1.807, 2.05) is 0 Å². The summed E-state index contributed by atoms with van der Waals surface area (Å²) >= 11 is 3.16. The minimum Gasteiger partial charge on any atom is -0.338 e. The van der Waals surface area contributed by atoms with Crippen LogP contribution in [0.1, 0.15) is 18.2 Å². The number of nitrogens with zero attached hydrogens (tertiary/aromatic N) is 3. The van der Waals surface area contributed by atoms with E-state index in [-0.39, 0.29) is 0 Å². The third-order valence-electron chi connectivity index (χ3n) is 2.16. The first-order valence-electron chi connectivity index (χ1n) is 3.93. The molecular weight excluding hydrogens is 222 g/mol. The molecule has 1 unspecified atom stereocenters. The Bertz CT molecular complexity index is 275. The van der Waals surface area contributed by atoms with Crippen molar-refractivity contribution in [3.63, 3.8) is 0 Å². The van der Waals surface area contributed by atoms with Gasteiger partial charge >= 0.3 is 0 Å². The summed E-state index contributed by atoms with van der Waals surface area (Å²) < 4.78 is 5.61. The molecule has 0 bridgehead atoms. The minimum absolute atomic E-state index is 0.425. The molecule has 1 aliphatic heterocycles. The predicted molar refractivity (Wildman–Crippen MR) is 46.9 cm³/mol. The van der Waals surface area contributed by atoms with Crippen LogP contribution < -0.4 is 0 Å². The summed E-state index contributed by atoms with van der Waals surface area (Å²) in [7, 11) is 2.10. The molecule has 66 valence electrons. The Morgan fingerprint density at radius 3 is 3.00 bits per heavy atom. The minimum atomic E-state index is 0.425.